The monoisotopic (exact) mass is 301 g/mol. The molecule has 0 bridgehead atoms. The number of para-hydroxylation sites is 1. The van der Waals surface area contributed by atoms with Crippen LogP contribution in [0.5, 0.6) is 0 Å². The van der Waals surface area contributed by atoms with Crippen LogP contribution in [0.3, 0.4) is 0 Å². The first-order valence-electron chi connectivity index (χ1n) is 5.62. The molecule has 0 saturated carbocycles. The minimum absolute atomic E-state index is 0.0558. The maximum absolute atomic E-state index is 11.7. The van der Waals surface area contributed by atoms with Crippen molar-refractivity contribution >= 4 is 27.6 Å². The number of nitrogens with one attached hydrogen (secondary N) is 1. The summed E-state index contributed by atoms with van der Waals surface area (Å²) in [5.74, 6) is -1.79. The lowest BCUT2D eigenvalue weighted by Gasteiger charge is -2.13. The van der Waals surface area contributed by atoms with Crippen molar-refractivity contribution in [3.05, 3.63) is 24.3 Å². The fourth-order valence-electron chi connectivity index (χ4n) is 1.37. The molecule has 1 rings (SSSR count). The molecule has 9 heteroatoms. The number of carbonyl (C=O) groups is 2. The summed E-state index contributed by atoms with van der Waals surface area (Å²) >= 11 is 0. The Hall–Kier alpha value is -1.97. The number of esters is 1. The first kappa shape index (κ1) is 16.1. The maximum atomic E-state index is 11.7. The van der Waals surface area contributed by atoms with Crippen LogP contribution in [0.2, 0.25) is 0 Å². The molecule has 0 aliphatic rings. The van der Waals surface area contributed by atoms with Crippen LogP contribution in [0.15, 0.2) is 29.2 Å². The van der Waals surface area contributed by atoms with Crippen LogP contribution >= 0.6 is 0 Å². The number of sulfonamides is 1. The van der Waals surface area contributed by atoms with E-state index in [2.05, 4.69) is 10.1 Å². The number of primary sulfonamides is 1. The summed E-state index contributed by atoms with van der Waals surface area (Å²) in [5.41, 5.74) is 5.33. The number of amides is 1. The topological polar surface area (TPSA) is 142 Å². The maximum Gasteiger partial charge on any atom is 0.332 e. The van der Waals surface area contributed by atoms with E-state index in [4.69, 9.17) is 10.9 Å². The summed E-state index contributed by atoms with van der Waals surface area (Å²) in [6.45, 7) is 1.65. The van der Waals surface area contributed by atoms with Crippen molar-refractivity contribution in [1.82, 2.24) is 0 Å². The Morgan fingerprint density at radius 2 is 1.95 bits per heavy atom. The van der Waals surface area contributed by atoms with Crippen molar-refractivity contribution in [3.8, 4) is 0 Å². The van der Waals surface area contributed by atoms with Crippen molar-refractivity contribution in [3.63, 3.8) is 0 Å². The van der Waals surface area contributed by atoms with Crippen molar-refractivity contribution in [1.29, 1.82) is 0 Å². The van der Waals surface area contributed by atoms with Gasteiger partial charge in [0.05, 0.1) is 12.3 Å². The Balaban J connectivity index is 2.95. The number of anilines is 1. The van der Waals surface area contributed by atoms with Gasteiger partial charge in [0, 0.05) is 0 Å². The highest BCUT2D eigenvalue weighted by Gasteiger charge is 2.25. The molecule has 5 N–H and O–H groups in total. The molecule has 1 aromatic rings. The highest BCUT2D eigenvalue weighted by molar-refractivity contribution is 7.89. The second-order valence-electron chi connectivity index (χ2n) is 3.76. The van der Waals surface area contributed by atoms with E-state index in [1.54, 1.807) is 6.92 Å². The third kappa shape index (κ3) is 4.02. The van der Waals surface area contributed by atoms with Crippen molar-refractivity contribution in [2.75, 3.05) is 11.9 Å². The molecule has 0 fully saturated rings. The van der Waals surface area contributed by atoms with Crippen LogP contribution in [-0.2, 0) is 24.3 Å². The summed E-state index contributed by atoms with van der Waals surface area (Å²) in [6, 6.07) is 3.94. The van der Waals surface area contributed by atoms with Gasteiger partial charge in [-0.3, -0.25) is 4.79 Å². The van der Waals surface area contributed by atoms with E-state index >= 15 is 0 Å². The minimum Gasteiger partial charge on any atom is -0.464 e. The second kappa shape index (κ2) is 6.46. The quantitative estimate of drug-likeness (QED) is 0.478. The van der Waals surface area contributed by atoms with E-state index < -0.39 is 27.9 Å². The summed E-state index contributed by atoms with van der Waals surface area (Å²) in [4.78, 5) is 22.8. The molecule has 0 spiro atoms. The van der Waals surface area contributed by atoms with Gasteiger partial charge < -0.3 is 15.8 Å². The van der Waals surface area contributed by atoms with Crippen LogP contribution in [0.4, 0.5) is 5.69 Å². The largest absolute Gasteiger partial charge is 0.464 e. The molecule has 20 heavy (non-hydrogen) atoms. The summed E-state index contributed by atoms with van der Waals surface area (Å²) < 4.78 is 27.3. The smallest absolute Gasteiger partial charge is 0.332 e. The third-order valence-corrected chi connectivity index (χ3v) is 3.24. The lowest BCUT2D eigenvalue weighted by molar-refractivity contribution is -0.146. The fraction of sp³-hybridized carbons (Fsp3) is 0.273. The molecule has 1 unspecified atom stereocenters. The van der Waals surface area contributed by atoms with Gasteiger partial charge in [0.25, 0.3) is 5.91 Å². The fourth-order valence-corrected chi connectivity index (χ4v) is 2.06. The number of hydrogen-bond acceptors (Lipinski definition) is 6. The lowest BCUT2D eigenvalue weighted by Crippen LogP contribution is -2.43. The van der Waals surface area contributed by atoms with Gasteiger partial charge >= 0.3 is 5.97 Å². The predicted octanol–water partition coefficient (Wildman–Crippen LogP) is -0.837. The van der Waals surface area contributed by atoms with Gasteiger partial charge in [-0.2, -0.15) is 0 Å². The molecule has 0 aliphatic carbocycles. The SMILES string of the molecule is CCOC(=O)C(N)C(=O)Nc1ccccc1S(N)(=O)=O. The second-order valence-corrected chi connectivity index (χ2v) is 5.29. The zero-order valence-electron chi connectivity index (χ0n) is 10.7. The number of carbonyl (C=O) groups excluding carboxylic acids is 2. The zero-order chi connectivity index (χ0) is 15.3. The van der Waals surface area contributed by atoms with Gasteiger partial charge in [0.1, 0.15) is 4.90 Å². The van der Waals surface area contributed by atoms with E-state index in [9.17, 15) is 18.0 Å². The van der Waals surface area contributed by atoms with Crippen LogP contribution in [0.25, 0.3) is 0 Å². The number of nitrogens with two attached hydrogens (primary N) is 2. The van der Waals surface area contributed by atoms with Gasteiger partial charge in [0.2, 0.25) is 10.0 Å². The normalized spacial score (nSPS) is 12.6. The number of rotatable bonds is 5. The average Bonchev–Trinajstić information content (AvgIpc) is 2.37. The third-order valence-electron chi connectivity index (χ3n) is 2.27. The van der Waals surface area contributed by atoms with Gasteiger partial charge in [-0.05, 0) is 19.1 Å². The number of hydrogen-bond donors (Lipinski definition) is 3. The highest BCUT2D eigenvalue weighted by Crippen LogP contribution is 2.19. The summed E-state index contributed by atoms with van der Waals surface area (Å²) in [5, 5.41) is 7.25. The van der Waals surface area contributed by atoms with E-state index in [-0.39, 0.29) is 17.2 Å². The Bertz CT molecular complexity index is 614. The average molecular weight is 301 g/mol. The molecule has 0 saturated heterocycles. The van der Waals surface area contributed by atoms with E-state index in [1.807, 2.05) is 0 Å². The molecule has 0 heterocycles. The summed E-state index contributed by atoms with van der Waals surface area (Å²) in [7, 11) is -4.01. The Morgan fingerprint density at radius 3 is 2.50 bits per heavy atom. The number of benzene rings is 1. The molecule has 110 valence electrons. The van der Waals surface area contributed by atoms with E-state index in [0.29, 0.717) is 0 Å². The van der Waals surface area contributed by atoms with Crippen molar-refractivity contribution in [2.45, 2.75) is 17.9 Å². The molecule has 1 amide bonds. The Labute approximate surface area is 116 Å². The van der Waals surface area contributed by atoms with Crippen molar-refractivity contribution < 1.29 is 22.7 Å². The molecule has 0 aromatic heterocycles. The first-order valence-corrected chi connectivity index (χ1v) is 7.17. The van der Waals surface area contributed by atoms with Gasteiger partial charge in [-0.15, -0.1) is 0 Å². The van der Waals surface area contributed by atoms with E-state index in [1.165, 1.54) is 24.3 Å². The van der Waals surface area contributed by atoms with Crippen LogP contribution in [0, 0.1) is 0 Å². The van der Waals surface area contributed by atoms with Gasteiger partial charge in [0.15, 0.2) is 6.04 Å². The molecule has 1 atom stereocenters. The number of ether oxygens (including phenoxy) is 1. The van der Waals surface area contributed by atoms with Crippen molar-refractivity contribution in [2.24, 2.45) is 10.9 Å². The minimum atomic E-state index is -4.01. The molecule has 0 radical (unpaired) electrons. The highest BCUT2D eigenvalue weighted by atomic mass is 32.2. The summed E-state index contributed by atoms with van der Waals surface area (Å²) in [6.07, 6.45) is 0. The molecule has 0 aliphatic heterocycles. The zero-order valence-corrected chi connectivity index (χ0v) is 11.5. The molecular weight excluding hydrogens is 286 g/mol. The predicted molar refractivity (Wildman–Crippen MR) is 71.1 cm³/mol. The Morgan fingerprint density at radius 1 is 1.35 bits per heavy atom. The van der Waals surface area contributed by atoms with Gasteiger partial charge in [-0.1, -0.05) is 12.1 Å². The Kier molecular flexibility index (Phi) is 5.19. The first-order chi connectivity index (χ1) is 9.27. The molecular formula is C11H15N3O5S. The lowest BCUT2D eigenvalue weighted by atomic mass is 10.2. The van der Waals surface area contributed by atoms with Gasteiger partial charge in [-0.25, -0.2) is 18.4 Å². The van der Waals surface area contributed by atoms with Crippen LogP contribution < -0.4 is 16.2 Å². The van der Waals surface area contributed by atoms with E-state index in [0.717, 1.165) is 0 Å². The van der Waals surface area contributed by atoms with Crippen LogP contribution in [-0.4, -0.2) is 32.9 Å². The standard InChI is InChI=1S/C11H15N3O5S/c1-2-19-11(16)9(12)10(15)14-7-5-3-4-6-8(7)20(13,17)18/h3-6,9H,2,12H2,1H3,(H,14,15)(H2,13,17,18). The molecule has 1 aromatic carbocycles. The molecule has 8 nitrogen and oxygen atoms in total. The van der Waals surface area contributed by atoms with Crippen LogP contribution in [0.1, 0.15) is 6.92 Å².